The number of nitro groups is 1. The fourth-order valence-electron chi connectivity index (χ4n) is 1.62. The van der Waals surface area contributed by atoms with Gasteiger partial charge in [-0.1, -0.05) is 17.7 Å². The predicted octanol–water partition coefficient (Wildman–Crippen LogP) is 4.14. The Morgan fingerprint density at radius 1 is 1.15 bits per heavy atom. The second-order valence-electron chi connectivity index (χ2n) is 4.01. The average molecular weight is 299 g/mol. The van der Waals surface area contributed by atoms with Gasteiger partial charge in [0.05, 0.1) is 16.7 Å². The lowest BCUT2D eigenvalue weighted by Gasteiger charge is -2.08. The molecule has 0 bridgehead atoms. The first-order valence-electron chi connectivity index (χ1n) is 5.59. The van der Waals surface area contributed by atoms with Gasteiger partial charge in [0.25, 0.3) is 5.69 Å². The molecule has 20 heavy (non-hydrogen) atoms. The molecule has 0 amide bonds. The highest BCUT2D eigenvalue weighted by Gasteiger charge is 2.11. The van der Waals surface area contributed by atoms with Gasteiger partial charge < -0.3 is 5.32 Å². The molecular weight excluding hydrogens is 290 g/mol. The smallest absolute Gasteiger partial charge is 0.272 e. The zero-order chi connectivity index (χ0) is 14.7. The average Bonchev–Trinajstić information content (AvgIpc) is 2.38. The Kier molecular flexibility index (Phi) is 4.14. The maximum Gasteiger partial charge on any atom is 0.272 e. The molecule has 0 heterocycles. The molecule has 0 spiro atoms. The van der Waals surface area contributed by atoms with E-state index >= 15 is 0 Å². The number of nitro benzene ring substituents is 1. The third-order valence-corrected chi connectivity index (χ3v) is 2.88. The van der Waals surface area contributed by atoms with Crippen molar-refractivity contribution < 1.29 is 13.7 Å². The summed E-state index contributed by atoms with van der Waals surface area (Å²) in [7, 11) is 0. The van der Waals surface area contributed by atoms with Crippen LogP contribution in [-0.4, -0.2) is 4.92 Å². The summed E-state index contributed by atoms with van der Waals surface area (Å²) in [6, 6.07) is 7.37. The molecule has 0 aliphatic rings. The van der Waals surface area contributed by atoms with Gasteiger partial charge in [0, 0.05) is 23.2 Å². The number of hydrogen-bond acceptors (Lipinski definition) is 3. The number of halogens is 3. The maximum atomic E-state index is 13.6. The lowest BCUT2D eigenvalue weighted by Crippen LogP contribution is -2.03. The van der Waals surface area contributed by atoms with E-state index in [1.165, 1.54) is 24.3 Å². The fourth-order valence-corrected chi connectivity index (χ4v) is 1.78. The van der Waals surface area contributed by atoms with Crippen LogP contribution in [0.15, 0.2) is 36.4 Å². The van der Waals surface area contributed by atoms with E-state index in [4.69, 9.17) is 11.6 Å². The van der Waals surface area contributed by atoms with Crippen molar-refractivity contribution in [1.29, 1.82) is 0 Å². The summed E-state index contributed by atoms with van der Waals surface area (Å²) < 4.78 is 27.1. The molecule has 0 aliphatic carbocycles. The summed E-state index contributed by atoms with van der Waals surface area (Å²) in [5.41, 5.74) is 0.0304. The van der Waals surface area contributed by atoms with Crippen LogP contribution >= 0.6 is 11.6 Å². The number of hydrogen-bond donors (Lipinski definition) is 1. The SMILES string of the molecule is O=[N+]([O-])c1ccc(NCc2ccc(Cl)cc2F)c(F)c1. The standard InChI is InChI=1S/C13H9ClF2N2O2/c14-9-2-1-8(11(15)5-9)7-17-13-4-3-10(18(19)20)6-12(13)16/h1-6,17H,7H2. The van der Waals surface area contributed by atoms with Crippen molar-refractivity contribution in [1.82, 2.24) is 0 Å². The van der Waals surface area contributed by atoms with E-state index < -0.39 is 16.6 Å². The summed E-state index contributed by atoms with van der Waals surface area (Å²) in [6.07, 6.45) is 0. The van der Waals surface area contributed by atoms with Gasteiger partial charge in [0.15, 0.2) is 5.82 Å². The first-order valence-corrected chi connectivity index (χ1v) is 5.97. The molecule has 0 aromatic heterocycles. The van der Waals surface area contributed by atoms with Gasteiger partial charge in [0.2, 0.25) is 0 Å². The molecule has 0 atom stereocenters. The summed E-state index contributed by atoms with van der Waals surface area (Å²) in [5, 5.41) is 13.4. The van der Waals surface area contributed by atoms with Gasteiger partial charge in [-0.25, -0.2) is 8.78 Å². The van der Waals surface area contributed by atoms with E-state index in [9.17, 15) is 18.9 Å². The van der Waals surface area contributed by atoms with Crippen molar-refractivity contribution >= 4 is 23.0 Å². The second kappa shape index (κ2) is 5.83. The fraction of sp³-hybridized carbons (Fsp3) is 0.0769. The van der Waals surface area contributed by atoms with Gasteiger partial charge in [0.1, 0.15) is 5.82 Å². The molecule has 104 valence electrons. The van der Waals surface area contributed by atoms with Crippen molar-refractivity contribution in [2.24, 2.45) is 0 Å². The summed E-state index contributed by atoms with van der Waals surface area (Å²) in [4.78, 5) is 9.79. The Labute approximate surface area is 118 Å². The van der Waals surface area contributed by atoms with Crippen LogP contribution in [0.1, 0.15) is 5.56 Å². The Bertz CT molecular complexity index is 665. The molecule has 0 unspecified atom stereocenters. The minimum Gasteiger partial charge on any atom is -0.378 e. The van der Waals surface area contributed by atoms with Crippen molar-refractivity contribution in [3.8, 4) is 0 Å². The number of benzene rings is 2. The van der Waals surface area contributed by atoms with Crippen LogP contribution in [0.4, 0.5) is 20.2 Å². The highest BCUT2D eigenvalue weighted by atomic mass is 35.5. The minimum atomic E-state index is -0.770. The summed E-state index contributed by atoms with van der Waals surface area (Å²) in [6.45, 7) is 0.0394. The van der Waals surface area contributed by atoms with Crippen LogP contribution in [0.25, 0.3) is 0 Å². The lowest BCUT2D eigenvalue weighted by atomic mass is 10.2. The van der Waals surface area contributed by atoms with Crippen molar-refractivity contribution in [3.63, 3.8) is 0 Å². The molecule has 2 rings (SSSR count). The Hall–Kier alpha value is -2.21. The first-order chi connectivity index (χ1) is 9.47. The Balaban J connectivity index is 2.13. The second-order valence-corrected chi connectivity index (χ2v) is 4.45. The van der Waals surface area contributed by atoms with Crippen LogP contribution in [-0.2, 0) is 6.54 Å². The van der Waals surface area contributed by atoms with E-state index in [1.807, 2.05) is 0 Å². The number of nitrogens with zero attached hydrogens (tertiary/aromatic N) is 1. The summed E-state index contributed by atoms with van der Waals surface area (Å²) in [5.74, 6) is -1.28. The number of rotatable bonds is 4. The molecule has 2 aromatic rings. The Morgan fingerprint density at radius 3 is 2.50 bits per heavy atom. The molecule has 0 aliphatic heterocycles. The van der Waals surface area contributed by atoms with E-state index in [2.05, 4.69) is 5.32 Å². The van der Waals surface area contributed by atoms with E-state index in [1.54, 1.807) is 0 Å². The van der Waals surface area contributed by atoms with Crippen LogP contribution in [0.2, 0.25) is 5.02 Å². The number of anilines is 1. The molecule has 2 aromatic carbocycles. The molecule has 4 nitrogen and oxygen atoms in total. The number of non-ortho nitro benzene ring substituents is 1. The first kappa shape index (κ1) is 14.2. The van der Waals surface area contributed by atoms with Crippen molar-refractivity contribution in [2.45, 2.75) is 6.54 Å². The molecule has 1 N–H and O–H groups in total. The van der Waals surface area contributed by atoms with Crippen molar-refractivity contribution in [2.75, 3.05) is 5.32 Å². The topological polar surface area (TPSA) is 55.2 Å². The van der Waals surface area contributed by atoms with Gasteiger partial charge in [-0.3, -0.25) is 10.1 Å². The molecule has 0 saturated heterocycles. The molecular formula is C13H9ClF2N2O2. The van der Waals surface area contributed by atoms with Crippen LogP contribution in [0.5, 0.6) is 0 Å². The van der Waals surface area contributed by atoms with Crippen LogP contribution < -0.4 is 5.32 Å². The highest BCUT2D eigenvalue weighted by molar-refractivity contribution is 6.30. The Morgan fingerprint density at radius 2 is 1.90 bits per heavy atom. The molecule has 0 radical (unpaired) electrons. The quantitative estimate of drug-likeness (QED) is 0.682. The normalized spacial score (nSPS) is 10.3. The van der Waals surface area contributed by atoms with Gasteiger partial charge in [-0.15, -0.1) is 0 Å². The van der Waals surface area contributed by atoms with E-state index in [0.717, 1.165) is 12.1 Å². The number of nitrogens with one attached hydrogen (secondary N) is 1. The largest absolute Gasteiger partial charge is 0.378 e. The van der Waals surface area contributed by atoms with Gasteiger partial charge in [-0.2, -0.15) is 0 Å². The van der Waals surface area contributed by atoms with E-state index in [-0.39, 0.29) is 22.9 Å². The van der Waals surface area contributed by atoms with Gasteiger partial charge in [-0.05, 0) is 18.2 Å². The van der Waals surface area contributed by atoms with E-state index in [0.29, 0.717) is 5.56 Å². The van der Waals surface area contributed by atoms with Crippen LogP contribution in [0, 0.1) is 21.7 Å². The predicted molar refractivity (Wildman–Crippen MR) is 71.8 cm³/mol. The van der Waals surface area contributed by atoms with Gasteiger partial charge >= 0.3 is 0 Å². The molecule has 0 fully saturated rings. The minimum absolute atomic E-state index is 0.0394. The third kappa shape index (κ3) is 3.21. The zero-order valence-electron chi connectivity index (χ0n) is 10.1. The van der Waals surface area contributed by atoms with Crippen molar-refractivity contribution in [3.05, 3.63) is 68.7 Å². The lowest BCUT2D eigenvalue weighted by molar-refractivity contribution is -0.385. The molecule has 7 heteroatoms. The van der Waals surface area contributed by atoms with Crippen LogP contribution in [0.3, 0.4) is 0 Å². The monoisotopic (exact) mass is 298 g/mol. The zero-order valence-corrected chi connectivity index (χ0v) is 10.8. The maximum absolute atomic E-state index is 13.6. The summed E-state index contributed by atoms with van der Waals surface area (Å²) >= 11 is 5.62. The third-order valence-electron chi connectivity index (χ3n) is 2.65. The molecule has 0 saturated carbocycles. The highest BCUT2D eigenvalue weighted by Crippen LogP contribution is 2.22.